The molecule has 102 valence electrons. The first-order valence-electron chi connectivity index (χ1n) is 5.63. The van der Waals surface area contributed by atoms with Gasteiger partial charge >= 0.3 is 0 Å². The summed E-state index contributed by atoms with van der Waals surface area (Å²) in [6, 6.07) is 4.78. The van der Waals surface area contributed by atoms with E-state index in [0.717, 1.165) is 5.56 Å². The molecule has 1 atom stereocenters. The Morgan fingerprint density at radius 3 is 2.67 bits per heavy atom. The zero-order valence-electron chi connectivity index (χ0n) is 10.8. The molecule has 0 spiro atoms. The van der Waals surface area contributed by atoms with E-state index < -0.39 is 10.0 Å². The molecule has 0 fully saturated rings. The van der Waals surface area contributed by atoms with Gasteiger partial charge in [0.1, 0.15) is 0 Å². The summed E-state index contributed by atoms with van der Waals surface area (Å²) in [5.74, 6) is 0. The smallest absolute Gasteiger partial charge is 0.240 e. The lowest BCUT2D eigenvalue weighted by Gasteiger charge is -2.12. The zero-order valence-corrected chi connectivity index (χ0v) is 12.4. The number of sulfonamides is 1. The predicted octanol–water partition coefficient (Wildman–Crippen LogP) is 1.52. The molecule has 1 rings (SSSR count). The Morgan fingerprint density at radius 2 is 2.11 bits per heavy atom. The minimum absolute atomic E-state index is 0.156. The van der Waals surface area contributed by atoms with Crippen molar-refractivity contribution in [3.8, 4) is 0 Å². The van der Waals surface area contributed by atoms with Gasteiger partial charge in [-0.25, -0.2) is 13.1 Å². The van der Waals surface area contributed by atoms with Crippen molar-refractivity contribution in [3.05, 3.63) is 29.3 Å². The topological polar surface area (TPSA) is 66.4 Å². The highest BCUT2D eigenvalue weighted by Gasteiger charge is 2.15. The highest BCUT2D eigenvalue weighted by atomic mass is 32.2. The summed E-state index contributed by atoms with van der Waals surface area (Å²) >= 11 is 1.60. The van der Waals surface area contributed by atoms with E-state index in [1.54, 1.807) is 23.9 Å². The summed E-state index contributed by atoms with van der Waals surface area (Å²) in [5.41, 5.74) is 1.52. The predicted molar refractivity (Wildman–Crippen MR) is 75.3 cm³/mol. The van der Waals surface area contributed by atoms with Gasteiger partial charge in [-0.15, -0.1) is 0 Å². The first-order valence-corrected chi connectivity index (χ1v) is 8.40. The average Bonchev–Trinajstić information content (AvgIpc) is 2.36. The molecule has 0 aliphatic heterocycles. The second kappa shape index (κ2) is 6.56. The van der Waals surface area contributed by atoms with Crippen molar-refractivity contribution in [2.45, 2.75) is 30.6 Å². The van der Waals surface area contributed by atoms with Crippen LogP contribution in [0.5, 0.6) is 0 Å². The van der Waals surface area contributed by atoms with Gasteiger partial charge in [-0.1, -0.05) is 13.0 Å². The standard InChI is InChI=1S/C12H19NO3S2/c1-9-4-5-12(6-11(9)8-14)18(15,16)13-7-10(2)17-3/h4-6,10,13-14H,7-8H2,1-3H3. The molecule has 6 heteroatoms. The normalized spacial score (nSPS) is 13.6. The van der Waals surface area contributed by atoms with Crippen LogP contribution in [0.15, 0.2) is 23.1 Å². The van der Waals surface area contributed by atoms with Gasteiger partial charge in [0, 0.05) is 11.8 Å². The monoisotopic (exact) mass is 289 g/mol. The molecule has 4 nitrogen and oxygen atoms in total. The summed E-state index contributed by atoms with van der Waals surface area (Å²) in [7, 11) is -3.49. The van der Waals surface area contributed by atoms with E-state index in [2.05, 4.69) is 4.72 Å². The van der Waals surface area contributed by atoms with Crippen LogP contribution in [0.1, 0.15) is 18.1 Å². The first-order chi connectivity index (χ1) is 8.40. The van der Waals surface area contributed by atoms with Gasteiger partial charge in [-0.2, -0.15) is 11.8 Å². The van der Waals surface area contributed by atoms with Crippen molar-refractivity contribution in [3.63, 3.8) is 0 Å². The van der Waals surface area contributed by atoms with E-state index in [9.17, 15) is 8.42 Å². The lowest BCUT2D eigenvalue weighted by molar-refractivity contribution is 0.280. The molecule has 0 bridgehead atoms. The average molecular weight is 289 g/mol. The molecular weight excluding hydrogens is 270 g/mol. The van der Waals surface area contributed by atoms with Gasteiger partial charge in [0.2, 0.25) is 10.0 Å². The summed E-state index contributed by atoms with van der Waals surface area (Å²) in [4.78, 5) is 0.199. The molecule has 1 aromatic rings. The zero-order chi connectivity index (χ0) is 13.8. The number of nitrogens with one attached hydrogen (secondary N) is 1. The third-order valence-electron chi connectivity index (χ3n) is 2.76. The van der Waals surface area contributed by atoms with Gasteiger partial charge in [0.25, 0.3) is 0 Å². The van der Waals surface area contributed by atoms with E-state index in [4.69, 9.17) is 5.11 Å². The van der Waals surface area contributed by atoms with Gasteiger partial charge in [0.15, 0.2) is 0 Å². The molecule has 0 aliphatic carbocycles. The first kappa shape index (κ1) is 15.5. The molecule has 1 aromatic carbocycles. The minimum Gasteiger partial charge on any atom is -0.392 e. The lowest BCUT2D eigenvalue weighted by Crippen LogP contribution is -2.29. The fraction of sp³-hybridized carbons (Fsp3) is 0.500. The van der Waals surface area contributed by atoms with Crippen LogP contribution >= 0.6 is 11.8 Å². The third kappa shape index (κ3) is 3.98. The van der Waals surface area contributed by atoms with Gasteiger partial charge in [0.05, 0.1) is 11.5 Å². The second-order valence-electron chi connectivity index (χ2n) is 4.14. The lowest BCUT2D eigenvalue weighted by atomic mass is 10.1. The number of hydrogen-bond acceptors (Lipinski definition) is 4. The number of aliphatic hydroxyl groups is 1. The summed E-state index contributed by atoms with van der Waals surface area (Å²) < 4.78 is 26.6. The number of aliphatic hydroxyl groups excluding tert-OH is 1. The Labute approximate surface area is 113 Å². The molecule has 2 N–H and O–H groups in total. The van der Waals surface area contributed by atoms with Crippen LogP contribution in [0.3, 0.4) is 0 Å². The largest absolute Gasteiger partial charge is 0.392 e. The molecule has 0 amide bonds. The minimum atomic E-state index is -3.49. The Bertz CT molecular complexity index is 500. The molecule has 0 aromatic heterocycles. The van der Waals surface area contributed by atoms with Crippen molar-refractivity contribution in [1.29, 1.82) is 0 Å². The Hall–Kier alpha value is -0.560. The van der Waals surface area contributed by atoms with Crippen molar-refractivity contribution in [1.82, 2.24) is 4.72 Å². The Balaban J connectivity index is 2.91. The van der Waals surface area contributed by atoms with E-state index in [-0.39, 0.29) is 16.8 Å². The van der Waals surface area contributed by atoms with Crippen molar-refractivity contribution in [2.75, 3.05) is 12.8 Å². The molecule has 0 saturated heterocycles. The van der Waals surface area contributed by atoms with E-state index in [0.29, 0.717) is 12.1 Å². The SMILES string of the molecule is CSC(C)CNS(=O)(=O)c1ccc(C)c(CO)c1. The van der Waals surface area contributed by atoms with Crippen LogP contribution in [0.2, 0.25) is 0 Å². The van der Waals surface area contributed by atoms with Crippen molar-refractivity contribution in [2.24, 2.45) is 0 Å². The van der Waals surface area contributed by atoms with Crippen LogP contribution < -0.4 is 4.72 Å². The van der Waals surface area contributed by atoms with E-state index in [1.807, 2.05) is 20.1 Å². The molecule has 0 aliphatic rings. The van der Waals surface area contributed by atoms with E-state index >= 15 is 0 Å². The van der Waals surface area contributed by atoms with Crippen LogP contribution in [0.25, 0.3) is 0 Å². The maximum Gasteiger partial charge on any atom is 0.240 e. The maximum absolute atomic E-state index is 12.0. The molecular formula is C12H19NO3S2. The van der Waals surface area contributed by atoms with Gasteiger partial charge < -0.3 is 5.11 Å². The molecule has 0 saturated carbocycles. The molecule has 18 heavy (non-hydrogen) atoms. The van der Waals surface area contributed by atoms with Crippen LogP contribution in [0.4, 0.5) is 0 Å². The summed E-state index contributed by atoms with van der Waals surface area (Å²) in [6.45, 7) is 4.04. The number of hydrogen-bond donors (Lipinski definition) is 2. The fourth-order valence-corrected chi connectivity index (χ4v) is 2.92. The number of rotatable bonds is 6. The van der Waals surface area contributed by atoms with Crippen molar-refractivity contribution < 1.29 is 13.5 Å². The Morgan fingerprint density at radius 1 is 1.44 bits per heavy atom. The molecule has 0 heterocycles. The number of benzene rings is 1. The number of aryl methyl sites for hydroxylation is 1. The Kier molecular flexibility index (Phi) is 5.65. The summed E-state index contributed by atoms with van der Waals surface area (Å²) in [6.07, 6.45) is 1.94. The highest BCUT2D eigenvalue weighted by Crippen LogP contribution is 2.16. The molecule has 1 unspecified atom stereocenters. The van der Waals surface area contributed by atoms with Gasteiger partial charge in [-0.3, -0.25) is 0 Å². The third-order valence-corrected chi connectivity index (χ3v) is 5.16. The number of thioether (sulfide) groups is 1. The van der Waals surface area contributed by atoms with Crippen molar-refractivity contribution >= 4 is 21.8 Å². The highest BCUT2D eigenvalue weighted by molar-refractivity contribution is 7.99. The second-order valence-corrected chi connectivity index (χ2v) is 7.19. The van der Waals surface area contributed by atoms with Crippen LogP contribution in [-0.4, -0.2) is 31.6 Å². The quantitative estimate of drug-likeness (QED) is 0.833. The molecule has 0 radical (unpaired) electrons. The summed E-state index contributed by atoms with van der Waals surface area (Å²) in [5, 5.41) is 9.37. The fourth-order valence-electron chi connectivity index (χ4n) is 1.38. The van der Waals surface area contributed by atoms with E-state index in [1.165, 1.54) is 6.07 Å². The van der Waals surface area contributed by atoms with Gasteiger partial charge in [-0.05, 0) is 36.4 Å². The van der Waals surface area contributed by atoms with Crippen LogP contribution in [0, 0.1) is 6.92 Å². The van der Waals surface area contributed by atoms with Crippen LogP contribution in [-0.2, 0) is 16.6 Å². The maximum atomic E-state index is 12.0.